The minimum Gasteiger partial charge on any atom is -0.454 e. The minimum atomic E-state index is -1.68. The molecule has 0 bridgehead atoms. The fourth-order valence-electron chi connectivity index (χ4n) is 2.43. The lowest BCUT2D eigenvalue weighted by molar-refractivity contribution is -0.00917. The molecule has 0 aliphatic heterocycles. The molecule has 2 aromatic rings. The third kappa shape index (κ3) is 5.41. The Balaban J connectivity index is 2.21. The molecule has 1 unspecified atom stereocenters. The predicted octanol–water partition coefficient (Wildman–Crippen LogP) is 3.33. The number of carbonyl (C=O) groups excluding carboxylic acids is 1. The highest BCUT2D eigenvalue weighted by atomic mass is 33.1. The van der Waals surface area contributed by atoms with E-state index in [4.69, 9.17) is 4.74 Å². The second kappa shape index (κ2) is 8.63. The zero-order valence-corrected chi connectivity index (χ0v) is 15.0. The van der Waals surface area contributed by atoms with Gasteiger partial charge in [-0.25, -0.2) is 23.2 Å². The molecule has 1 aromatic carbocycles. The van der Waals surface area contributed by atoms with Crippen molar-refractivity contribution in [2.75, 3.05) is 0 Å². The van der Waals surface area contributed by atoms with Gasteiger partial charge in [-0.15, -0.1) is 0 Å². The van der Waals surface area contributed by atoms with E-state index in [1.54, 1.807) is 6.92 Å². The Morgan fingerprint density at radius 1 is 1.52 bits per heavy atom. The van der Waals surface area contributed by atoms with Gasteiger partial charge in [-0.3, -0.25) is 0 Å². The zero-order valence-electron chi connectivity index (χ0n) is 13.3. The number of carbonyl (C=O) groups is 1. The van der Waals surface area contributed by atoms with Crippen LogP contribution in [0.15, 0.2) is 30.9 Å². The molecule has 2 rings (SSSR count). The molecule has 0 fully saturated rings. The van der Waals surface area contributed by atoms with Crippen LogP contribution in [-0.4, -0.2) is 31.3 Å². The molecule has 25 heavy (non-hydrogen) atoms. The maximum atomic E-state index is 14.2. The third-order valence-corrected chi connectivity index (χ3v) is 4.35. The number of nitrogens with zero attached hydrogens (tertiary/aromatic N) is 3. The first kappa shape index (κ1) is 19.7. The number of ether oxygens (including phenoxy) is 1. The predicted molar refractivity (Wildman–Crippen MR) is 92.0 cm³/mol. The Morgan fingerprint density at radius 2 is 2.28 bits per heavy atom. The van der Waals surface area contributed by atoms with E-state index >= 15 is 0 Å². The molecular weight excluding hydrogens is 372 g/mol. The number of aliphatic hydroxyl groups is 1. The van der Waals surface area contributed by atoms with Gasteiger partial charge in [-0.05, 0) is 25.8 Å². The van der Waals surface area contributed by atoms with Crippen molar-refractivity contribution in [2.45, 2.75) is 38.0 Å². The van der Waals surface area contributed by atoms with Crippen molar-refractivity contribution in [1.82, 2.24) is 14.8 Å². The van der Waals surface area contributed by atoms with Gasteiger partial charge in [0.05, 0.1) is 6.54 Å². The molecule has 1 heterocycles. The number of aromatic nitrogens is 3. The Hall–Kier alpha value is -1.65. The Morgan fingerprint density at radius 3 is 2.88 bits per heavy atom. The molecule has 0 spiro atoms. The second-order valence-electron chi connectivity index (χ2n) is 5.56. The van der Waals surface area contributed by atoms with Crippen molar-refractivity contribution in [3.63, 3.8) is 0 Å². The summed E-state index contributed by atoms with van der Waals surface area (Å²) in [5, 5.41) is 14.4. The van der Waals surface area contributed by atoms with Gasteiger partial charge in [0.2, 0.25) is 0 Å². The number of benzene rings is 1. The van der Waals surface area contributed by atoms with Crippen molar-refractivity contribution in [3.8, 4) is 0 Å². The molecule has 0 radical (unpaired) electrons. The van der Waals surface area contributed by atoms with E-state index in [-0.39, 0.29) is 24.9 Å². The smallest absolute Gasteiger partial charge is 0.378 e. The van der Waals surface area contributed by atoms with Gasteiger partial charge in [0.15, 0.2) is 0 Å². The monoisotopic (exact) mass is 389 g/mol. The van der Waals surface area contributed by atoms with Gasteiger partial charge in [0.1, 0.15) is 36.0 Å². The van der Waals surface area contributed by atoms with Crippen LogP contribution < -0.4 is 0 Å². The summed E-state index contributed by atoms with van der Waals surface area (Å²) in [6.45, 7) is 1.57. The molecule has 0 amide bonds. The summed E-state index contributed by atoms with van der Waals surface area (Å²) in [5.74, 6) is -1.60. The van der Waals surface area contributed by atoms with Crippen LogP contribution >= 0.6 is 22.5 Å². The van der Waals surface area contributed by atoms with Crippen LogP contribution in [0.2, 0.25) is 0 Å². The van der Waals surface area contributed by atoms with Crippen LogP contribution in [-0.2, 0) is 16.9 Å². The summed E-state index contributed by atoms with van der Waals surface area (Å²) in [4.78, 5) is 15.0. The molecule has 0 aliphatic carbocycles. The Bertz CT molecular complexity index is 718. The SMILES string of the molecule is CC(CC[C@](O)(Cn1cncn1)c1ccc(F)cc1F)OC(=O)SS. The van der Waals surface area contributed by atoms with Crippen LogP contribution in [0.5, 0.6) is 0 Å². The second-order valence-corrected chi connectivity index (χ2v) is 6.62. The van der Waals surface area contributed by atoms with Crippen LogP contribution in [0, 0.1) is 11.6 Å². The van der Waals surface area contributed by atoms with Gasteiger partial charge in [-0.1, -0.05) is 17.7 Å². The lowest BCUT2D eigenvalue weighted by atomic mass is 9.87. The van der Waals surface area contributed by atoms with Gasteiger partial charge >= 0.3 is 5.30 Å². The third-order valence-electron chi connectivity index (χ3n) is 3.66. The largest absolute Gasteiger partial charge is 0.454 e. The standard InChI is InChI=1S/C15H17F2N3O3S2/c1-10(23-14(21)25-24)4-5-15(22,7-20-9-18-8-19-20)12-3-2-11(16)6-13(12)17/h2-3,6,8-10,22,24H,4-5,7H2,1H3/t10?,15-/m0/s1. The number of hydrogen-bond donors (Lipinski definition) is 2. The Labute approximate surface area is 152 Å². The van der Waals surface area contributed by atoms with Crippen molar-refractivity contribution in [1.29, 1.82) is 0 Å². The lowest BCUT2D eigenvalue weighted by Gasteiger charge is -2.30. The normalized spacial score (nSPS) is 14.8. The zero-order chi connectivity index (χ0) is 18.4. The maximum absolute atomic E-state index is 14.2. The van der Waals surface area contributed by atoms with Crippen molar-refractivity contribution < 1.29 is 23.4 Å². The fourth-order valence-corrected chi connectivity index (χ4v) is 2.77. The summed E-state index contributed by atoms with van der Waals surface area (Å²) in [5.41, 5.74) is -1.74. The van der Waals surface area contributed by atoms with Gasteiger partial charge in [0.25, 0.3) is 0 Å². The first-order chi connectivity index (χ1) is 11.8. The highest BCUT2D eigenvalue weighted by Crippen LogP contribution is 2.32. The fraction of sp³-hybridized carbons (Fsp3) is 0.400. The van der Waals surface area contributed by atoms with Crippen LogP contribution in [0.1, 0.15) is 25.3 Å². The first-order valence-corrected chi connectivity index (χ1v) is 9.23. The molecule has 2 atom stereocenters. The van der Waals surface area contributed by atoms with Crippen LogP contribution in [0.25, 0.3) is 0 Å². The van der Waals surface area contributed by atoms with E-state index in [9.17, 15) is 18.7 Å². The number of halogens is 2. The topological polar surface area (TPSA) is 77.2 Å². The molecule has 1 aromatic heterocycles. The minimum absolute atomic E-state index is 0.0566. The molecule has 10 heteroatoms. The summed E-state index contributed by atoms with van der Waals surface area (Å²) in [7, 11) is 0.637. The molecule has 6 nitrogen and oxygen atoms in total. The first-order valence-electron chi connectivity index (χ1n) is 7.36. The van der Waals surface area contributed by atoms with Crippen molar-refractivity contribution in [3.05, 3.63) is 48.1 Å². The van der Waals surface area contributed by atoms with Gasteiger partial charge < -0.3 is 9.84 Å². The summed E-state index contributed by atoms with van der Waals surface area (Å²) >= 11 is 3.74. The highest BCUT2D eigenvalue weighted by Gasteiger charge is 2.34. The van der Waals surface area contributed by atoms with Crippen LogP contribution in [0.3, 0.4) is 0 Å². The van der Waals surface area contributed by atoms with Crippen LogP contribution in [0.4, 0.5) is 13.6 Å². The van der Waals surface area contributed by atoms with E-state index in [0.717, 1.165) is 6.07 Å². The molecule has 0 aliphatic rings. The summed E-state index contributed by atoms with van der Waals surface area (Å²) < 4.78 is 33.8. The van der Waals surface area contributed by atoms with E-state index in [1.807, 2.05) is 0 Å². The number of hydrogen-bond acceptors (Lipinski definition) is 7. The highest BCUT2D eigenvalue weighted by molar-refractivity contribution is 8.74. The lowest BCUT2D eigenvalue weighted by Crippen LogP contribution is -2.34. The molecule has 0 saturated heterocycles. The van der Waals surface area contributed by atoms with E-state index in [0.29, 0.717) is 16.9 Å². The average Bonchev–Trinajstić information content (AvgIpc) is 3.05. The van der Waals surface area contributed by atoms with Crippen molar-refractivity contribution in [2.24, 2.45) is 0 Å². The van der Waals surface area contributed by atoms with Gasteiger partial charge in [-0.2, -0.15) is 5.10 Å². The quantitative estimate of drug-likeness (QED) is 0.430. The summed E-state index contributed by atoms with van der Waals surface area (Å²) in [6, 6.07) is 2.98. The Kier molecular flexibility index (Phi) is 6.79. The van der Waals surface area contributed by atoms with E-state index < -0.39 is 28.6 Å². The molecule has 1 N–H and O–H groups in total. The number of rotatable bonds is 7. The average molecular weight is 389 g/mol. The van der Waals surface area contributed by atoms with E-state index in [2.05, 4.69) is 21.7 Å². The molecule has 0 saturated carbocycles. The summed E-state index contributed by atoms with van der Waals surface area (Å²) in [6.07, 6.45) is 2.46. The number of thiol groups is 1. The molecular formula is C15H17F2N3O3S2. The van der Waals surface area contributed by atoms with Crippen molar-refractivity contribution >= 4 is 27.8 Å². The van der Waals surface area contributed by atoms with Gasteiger partial charge in [0, 0.05) is 22.4 Å². The van der Waals surface area contributed by atoms with E-state index in [1.165, 1.54) is 23.4 Å². The maximum Gasteiger partial charge on any atom is 0.378 e. The molecule has 136 valence electrons.